The molecule has 1 aliphatic heterocycles. The lowest BCUT2D eigenvalue weighted by molar-refractivity contribution is 0.187. The van der Waals surface area contributed by atoms with Crippen LogP contribution in [0.2, 0.25) is 5.02 Å². The van der Waals surface area contributed by atoms with Gasteiger partial charge in [0.1, 0.15) is 6.33 Å². The quantitative estimate of drug-likeness (QED) is 0.368. The van der Waals surface area contributed by atoms with Gasteiger partial charge in [-0.3, -0.25) is 9.50 Å². The number of nitrogens with two attached hydrogens (primary N) is 1. The highest BCUT2D eigenvalue weighted by molar-refractivity contribution is 6.30. The summed E-state index contributed by atoms with van der Waals surface area (Å²) in [7, 11) is 0. The fourth-order valence-corrected chi connectivity index (χ4v) is 7.10. The minimum absolute atomic E-state index is 0.0107. The SMILES string of the molecule is N[C@@H]1c2cc(Cl)ccc2CC12CCN(c1nc3[nH]nc(C4(c5ccccc5)CC4)c3c3nncn13)CC2. The number of halogens is 1. The first-order valence-corrected chi connectivity index (χ1v) is 13.4. The molecular weight excluding hydrogens is 484 g/mol. The molecule has 4 heterocycles. The van der Waals surface area contributed by atoms with Crippen molar-refractivity contribution < 1.29 is 0 Å². The molecule has 9 heteroatoms. The molecule has 2 aromatic carbocycles. The Morgan fingerprint density at radius 2 is 1.84 bits per heavy atom. The Bertz CT molecular complexity index is 1660. The summed E-state index contributed by atoms with van der Waals surface area (Å²) in [4.78, 5) is 7.42. The van der Waals surface area contributed by atoms with Crippen LogP contribution in [0, 0.1) is 5.41 Å². The van der Waals surface area contributed by atoms with E-state index in [9.17, 15) is 0 Å². The van der Waals surface area contributed by atoms with Gasteiger partial charge < -0.3 is 10.6 Å². The van der Waals surface area contributed by atoms with E-state index in [4.69, 9.17) is 27.4 Å². The lowest BCUT2D eigenvalue weighted by atomic mass is 9.73. The highest BCUT2D eigenvalue weighted by Crippen LogP contribution is 2.55. The van der Waals surface area contributed by atoms with Crippen LogP contribution in [0.15, 0.2) is 54.9 Å². The lowest BCUT2D eigenvalue weighted by Crippen LogP contribution is -2.45. The Labute approximate surface area is 218 Å². The molecule has 3 N–H and O–H groups in total. The highest BCUT2D eigenvalue weighted by Gasteiger charge is 2.50. The van der Waals surface area contributed by atoms with Crippen LogP contribution in [0.1, 0.15) is 54.1 Å². The zero-order valence-electron chi connectivity index (χ0n) is 20.4. The molecule has 0 bridgehead atoms. The van der Waals surface area contributed by atoms with Gasteiger partial charge in [0, 0.05) is 29.6 Å². The number of nitrogens with one attached hydrogen (secondary N) is 1. The molecule has 0 radical (unpaired) electrons. The zero-order valence-corrected chi connectivity index (χ0v) is 21.1. The number of piperidine rings is 1. The summed E-state index contributed by atoms with van der Waals surface area (Å²) < 4.78 is 2.03. The van der Waals surface area contributed by atoms with E-state index >= 15 is 0 Å². The molecule has 1 saturated heterocycles. The van der Waals surface area contributed by atoms with E-state index in [1.165, 1.54) is 16.7 Å². The van der Waals surface area contributed by atoms with Crippen molar-refractivity contribution in [1.82, 2.24) is 29.8 Å². The third kappa shape index (κ3) is 3.00. The number of H-pyrrole nitrogens is 1. The first-order chi connectivity index (χ1) is 18.1. The summed E-state index contributed by atoms with van der Waals surface area (Å²) in [6.07, 6.45) is 6.92. The van der Waals surface area contributed by atoms with E-state index in [0.29, 0.717) is 0 Å². The Morgan fingerprint density at radius 3 is 2.62 bits per heavy atom. The standard InChI is InChI=1S/C28H27ClN8/c29-19-7-6-17-15-27(22(30)20(17)14-19)10-12-36(13-11-27)26-32-24-21(25-35-31-16-37(25)26)23(33-34-24)28(8-9-28)18-4-2-1-3-5-18/h1-7,14,16,22H,8-13,15,30H2,(H,33,34)/t22-/m1/s1. The molecule has 1 saturated carbocycles. The van der Waals surface area contributed by atoms with Gasteiger partial charge in [-0.1, -0.05) is 48.0 Å². The summed E-state index contributed by atoms with van der Waals surface area (Å²) in [5, 5.41) is 18.6. The molecule has 2 aliphatic carbocycles. The summed E-state index contributed by atoms with van der Waals surface area (Å²) in [5.74, 6) is 0.856. The van der Waals surface area contributed by atoms with Crippen molar-refractivity contribution >= 4 is 34.2 Å². The summed E-state index contributed by atoms with van der Waals surface area (Å²) in [6, 6.07) is 16.8. The first-order valence-electron chi connectivity index (χ1n) is 13.0. The van der Waals surface area contributed by atoms with Gasteiger partial charge in [-0.05, 0) is 66.3 Å². The smallest absolute Gasteiger partial charge is 0.214 e. The van der Waals surface area contributed by atoms with Crippen molar-refractivity contribution in [3.05, 3.63) is 82.3 Å². The Hall–Kier alpha value is -3.49. The van der Waals surface area contributed by atoms with Crippen LogP contribution in [0.3, 0.4) is 0 Å². The maximum absolute atomic E-state index is 6.82. The summed E-state index contributed by atoms with van der Waals surface area (Å²) in [5.41, 5.74) is 13.3. The number of aromatic nitrogens is 6. The molecule has 186 valence electrons. The van der Waals surface area contributed by atoms with E-state index in [-0.39, 0.29) is 16.9 Å². The minimum Gasteiger partial charge on any atom is -0.342 e. The summed E-state index contributed by atoms with van der Waals surface area (Å²) >= 11 is 6.29. The van der Waals surface area contributed by atoms with E-state index in [1.54, 1.807) is 6.33 Å². The number of hydrogen-bond donors (Lipinski definition) is 2. The molecule has 0 unspecified atom stereocenters. The number of hydrogen-bond acceptors (Lipinski definition) is 6. The predicted octanol–water partition coefficient (Wildman–Crippen LogP) is 4.58. The van der Waals surface area contributed by atoms with Gasteiger partial charge in [-0.25, -0.2) is 0 Å². The van der Waals surface area contributed by atoms with Crippen LogP contribution in [0.25, 0.3) is 16.7 Å². The van der Waals surface area contributed by atoms with Crippen molar-refractivity contribution in [3.8, 4) is 0 Å². The van der Waals surface area contributed by atoms with Crippen LogP contribution in [0.5, 0.6) is 0 Å². The number of nitrogens with zero attached hydrogens (tertiary/aromatic N) is 6. The van der Waals surface area contributed by atoms with Gasteiger partial charge >= 0.3 is 0 Å². The number of aromatic amines is 1. The number of anilines is 1. The third-order valence-corrected chi connectivity index (χ3v) is 9.40. The molecule has 1 atom stereocenters. The topological polar surface area (TPSA) is 101 Å². The lowest BCUT2D eigenvalue weighted by Gasteiger charge is -2.42. The van der Waals surface area contributed by atoms with Crippen molar-refractivity contribution in [3.63, 3.8) is 0 Å². The van der Waals surface area contributed by atoms with Gasteiger partial charge in [0.05, 0.1) is 11.1 Å². The van der Waals surface area contributed by atoms with Crippen LogP contribution >= 0.6 is 11.6 Å². The average molecular weight is 511 g/mol. The average Bonchev–Trinajstić information content (AvgIpc) is 3.26. The fourth-order valence-electron chi connectivity index (χ4n) is 6.92. The van der Waals surface area contributed by atoms with Crippen LogP contribution < -0.4 is 10.6 Å². The first kappa shape index (κ1) is 21.6. The predicted molar refractivity (Wildman–Crippen MR) is 143 cm³/mol. The Kier molecular flexibility index (Phi) is 4.39. The second-order valence-corrected chi connectivity index (χ2v) is 11.5. The van der Waals surface area contributed by atoms with Crippen LogP contribution in [-0.4, -0.2) is 42.9 Å². The van der Waals surface area contributed by atoms with Gasteiger partial charge in [-0.15, -0.1) is 10.2 Å². The van der Waals surface area contributed by atoms with Gasteiger partial charge in [0.15, 0.2) is 11.3 Å². The molecular formula is C28H27ClN8. The minimum atomic E-state index is -0.0802. The number of benzene rings is 2. The zero-order chi connectivity index (χ0) is 24.8. The number of rotatable bonds is 3. The maximum atomic E-state index is 6.82. The van der Waals surface area contributed by atoms with E-state index < -0.39 is 0 Å². The maximum Gasteiger partial charge on any atom is 0.214 e. The second-order valence-electron chi connectivity index (χ2n) is 11.0. The molecule has 37 heavy (non-hydrogen) atoms. The molecule has 3 aromatic heterocycles. The largest absolute Gasteiger partial charge is 0.342 e. The van der Waals surface area contributed by atoms with E-state index in [0.717, 1.165) is 78.5 Å². The van der Waals surface area contributed by atoms with Gasteiger partial charge in [0.25, 0.3) is 0 Å². The second kappa shape index (κ2) is 7.52. The van der Waals surface area contributed by atoms with Crippen LogP contribution in [0.4, 0.5) is 5.95 Å². The monoisotopic (exact) mass is 510 g/mol. The molecule has 5 aromatic rings. The highest BCUT2D eigenvalue weighted by atomic mass is 35.5. The normalized spacial score (nSPS) is 21.7. The molecule has 0 amide bonds. The van der Waals surface area contributed by atoms with Crippen molar-refractivity contribution in [2.45, 2.75) is 43.6 Å². The number of fused-ring (bicyclic) bond motifs is 4. The van der Waals surface area contributed by atoms with Gasteiger partial charge in [-0.2, -0.15) is 10.1 Å². The van der Waals surface area contributed by atoms with Crippen molar-refractivity contribution in [2.24, 2.45) is 11.1 Å². The molecule has 8 rings (SSSR count). The van der Waals surface area contributed by atoms with Crippen molar-refractivity contribution in [1.29, 1.82) is 0 Å². The fraction of sp³-hybridized carbons (Fsp3) is 0.357. The molecule has 3 aliphatic rings. The Morgan fingerprint density at radius 1 is 1.03 bits per heavy atom. The Balaban J connectivity index is 1.14. The van der Waals surface area contributed by atoms with E-state index in [2.05, 4.69) is 62.7 Å². The third-order valence-electron chi connectivity index (χ3n) is 9.16. The molecule has 1 spiro atoms. The molecule has 8 nitrogen and oxygen atoms in total. The van der Waals surface area contributed by atoms with Crippen molar-refractivity contribution in [2.75, 3.05) is 18.0 Å². The summed E-state index contributed by atoms with van der Waals surface area (Å²) in [6.45, 7) is 1.74. The van der Waals surface area contributed by atoms with Gasteiger partial charge in [0.2, 0.25) is 5.95 Å². The van der Waals surface area contributed by atoms with Crippen LogP contribution in [-0.2, 0) is 11.8 Å². The van der Waals surface area contributed by atoms with E-state index in [1.807, 2.05) is 10.5 Å². The molecule has 2 fully saturated rings.